The monoisotopic (exact) mass is 405 g/mol. The summed E-state index contributed by atoms with van der Waals surface area (Å²) in [7, 11) is 0. The summed E-state index contributed by atoms with van der Waals surface area (Å²) >= 11 is 2.46. The zero-order valence-corrected chi connectivity index (χ0v) is 16.1. The Balaban J connectivity index is 2.03. The van der Waals surface area contributed by atoms with Gasteiger partial charge in [-0.1, -0.05) is 23.9 Å². The van der Waals surface area contributed by atoms with Crippen LogP contribution in [0.4, 0.5) is 5.69 Å². The lowest BCUT2D eigenvalue weighted by Crippen LogP contribution is -2.29. The van der Waals surface area contributed by atoms with E-state index in [4.69, 9.17) is 4.74 Å². The van der Waals surface area contributed by atoms with Crippen molar-refractivity contribution in [3.63, 3.8) is 0 Å². The molecule has 2 aromatic heterocycles. The van der Waals surface area contributed by atoms with Crippen LogP contribution in [0.15, 0.2) is 44.4 Å². The van der Waals surface area contributed by atoms with Crippen LogP contribution in [0.1, 0.15) is 12.6 Å². The van der Waals surface area contributed by atoms with E-state index in [0.29, 0.717) is 10.0 Å². The van der Waals surface area contributed by atoms with Gasteiger partial charge in [0, 0.05) is 5.69 Å². The second-order valence-corrected chi connectivity index (χ2v) is 7.82. The lowest BCUT2D eigenvalue weighted by atomic mass is 10.3. The number of para-hydroxylation sites is 1. The second kappa shape index (κ2) is 7.89. The number of thiazole rings is 1. The van der Waals surface area contributed by atoms with Gasteiger partial charge in [0.05, 0.1) is 21.7 Å². The van der Waals surface area contributed by atoms with Crippen molar-refractivity contribution in [3.8, 4) is 0 Å². The number of carbonyl (C=O) groups is 1. The number of nitro groups is 1. The summed E-state index contributed by atoms with van der Waals surface area (Å²) in [4.78, 5) is 39.8. The SMILES string of the molecule is CCOC(=O)Cn1c(C)cc(Sc2nc3ccccc3s2)c([N+](=O)[O-])c1=O. The van der Waals surface area contributed by atoms with Gasteiger partial charge < -0.3 is 4.74 Å². The topological polar surface area (TPSA) is 104 Å². The number of aromatic nitrogens is 2. The Bertz CT molecular complexity index is 1060. The largest absolute Gasteiger partial charge is 0.465 e. The van der Waals surface area contributed by atoms with Gasteiger partial charge in [-0.05, 0) is 32.0 Å². The summed E-state index contributed by atoms with van der Waals surface area (Å²) in [6, 6.07) is 9.04. The molecule has 0 N–H and O–H groups in total. The standard InChI is InChI=1S/C17H15N3O5S2/c1-3-25-14(21)9-19-10(2)8-13(15(16(19)22)20(23)24)27-17-18-11-6-4-5-7-12(11)26-17/h4-8H,3,9H2,1-2H3. The highest BCUT2D eigenvalue weighted by Crippen LogP contribution is 2.37. The molecule has 0 unspecified atom stereocenters. The predicted octanol–water partition coefficient (Wildman–Crippen LogP) is 3.39. The fraction of sp³-hybridized carbons (Fsp3) is 0.235. The Kier molecular flexibility index (Phi) is 5.57. The van der Waals surface area contributed by atoms with Gasteiger partial charge in [0.1, 0.15) is 11.4 Å². The van der Waals surface area contributed by atoms with Crippen LogP contribution in [0.2, 0.25) is 0 Å². The second-order valence-electron chi connectivity index (χ2n) is 5.50. The molecule has 3 rings (SSSR count). The molecular formula is C17H15N3O5S2. The molecule has 0 fully saturated rings. The molecule has 2 heterocycles. The van der Waals surface area contributed by atoms with E-state index in [2.05, 4.69) is 4.98 Å². The fourth-order valence-corrected chi connectivity index (χ4v) is 4.72. The lowest BCUT2D eigenvalue weighted by Gasteiger charge is -2.11. The molecule has 27 heavy (non-hydrogen) atoms. The molecule has 0 atom stereocenters. The van der Waals surface area contributed by atoms with E-state index in [-0.39, 0.29) is 18.0 Å². The van der Waals surface area contributed by atoms with E-state index >= 15 is 0 Å². The minimum Gasteiger partial charge on any atom is -0.465 e. The molecule has 0 spiro atoms. The van der Waals surface area contributed by atoms with Crippen molar-refractivity contribution in [2.24, 2.45) is 0 Å². The average molecular weight is 405 g/mol. The van der Waals surface area contributed by atoms with Crippen LogP contribution in [-0.2, 0) is 16.1 Å². The number of carbonyl (C=O) groups excluding carboxylic acids is 1. The van der Waals surface area contributed by atoms with Crippen molar-refractivity contribution in [2.45, 2.75) is 29.6 Å². The van der Waals surface area contributed by atoms with Crippen molar-refractivity contribution < 1.29 is 14.5 Å². The number of nitrogens with zero attached hydrogens (tertiary/aromatic N) is 3. The third-order valence-electron chi connectivity index (χ3n) is 3.69. The van der Waals surface area contributed by atoms with Crippen LogP contribution < -0.4 is 5.56 Å². The van der Waals surface area contributed by atoms with Gasteiger partial charge in [-0.25, -0.2) is 4.98 Å². The zero-order valence-electron chi connectivity index (χ0n) is 14.5. The first-order valence-electron chi connectivity index (χ1n) is 7.98. The summed E-state index contributed by atoms with van der Waals surface area (Å²) in [5.41, 5.74) is -0.187. The van der Waals surface area contributed by atoms with E-state index in [9.17, 15) is 19.7 Å². The number of ether oxygens (including phenoxy) is 1. The van der Waals surface area contributed by atoms with Gasteiger partial charge in [0.15, 0.2) is 4.34 Å². The quantitative estimate of drug-likeness (QED) is 0.352. The average Bonchev–Trinajstić information content (AvgIpc) is 3.00. The first kappa shape index (κ1) is 19.1. The molecule has 3 aromatic rings. The van der Waals surface area contributed by atoms with E-state index in [0.717, 1.165) is 26.5 Å². The highest BCUT2D eigenvalue weighted by molar-refractivity contribution is 8.01. The van der Waals surface area contributed by atoms with Gasteiger partial charge in [0.2, 0.25) is 0 Å². The van der Waals surface area contributed by atoms with Gasteiger partial charge in [-0.2, -0.15) is 0 Å². The van der Waals surface area contributed by atoms with Crippen molar-refractivity contribution in [3.05, 3.63) is 56.5 Å². The molecule has 0 radical (unpaired) electrons. The van der Waals surface area contributed by atoms with Crippen molar-refractivity contribution in [2.75, 3.05) is 6.61 Å². The van der Waals surface area contributed by atoms with Gasteiger partial charge in [-0.15, -0.1) is 11.3 Å². The summed E-state index contributed by atoms with van der Waals surface area (Å²) in [5.74, 6) is -0.622. The fourth-order valence-electron chi connectivity index (χ4n) is 2.50. The first-order chi connectivity index (χ1) is 12.9. The van der Waals surface area contributed by atoms with Crippen LogP contribution in [0, 0.1) is 17.0 Å². The van der Waals surface area contributed by atoms with Gasteiger partial charge in [-0.3, -0.25) is 24.3 Å². The van der Waals surface area contributed by atoms with Crippen molar-refractivity contribution >= 4 is 45.0 Å². The summed E-state index contributed by atoms with van der Waals surface area (Å²) in [5, 5.41) is 11.5. The number of benzene rings is 1. The maximum atomic E-state index is 12.6. The van der Waals surface area contributed by atoms with E-state index in [1.54, 1.807) is 13.8 Å². The predicted molar refractivity (Wildman–Crippen MR) is 102 cm³/mol. The third kappa shape index (κ3) is 4.01. The lowest BCUT2D eigenvalue weighted by molar-refractivity contribution is -0.389. The molecule has 0 saturated carbocycles. The molecule has 0 aliphatic rings. The molecular weight excluding hydrogens is 390 g/mol. The molecule has 0 amide bonds. The summed E-state index contributed by atoms with van der Waals surface area (Å²) in [6.07, 6.45) is 0. The Labute approximate surface area is 161 Å². The Morgan fingerprint density at radius 1 is 1.41 bits per heavy atom. The number of pyridine rings is 1. The maximum Gasteiger partial charge on any atom is 0.347 e. The van der Waals surface area contributed by atoms with E-state index in [1.165, 1.54) is 17.4 Å². The Morgan fingerprint density at radius 2 is 2.15 bits per heavy atom. The third-order valence-corrected chi connectivity index (χ3v) is 5.82. The smallest absolute Gasteiger partial charge is 0.347 e. The van der Waals surface area contributed by atoms with Crippen LogP contribution >= 0.6 is 23.1 Å². The molecule has 140 valence electrons. The highest BCUT2D eigenvalue weighted by atomic mass is 32.2. The van der Waals surface area contributed by atoms with Crippen LogP contribution in [-0.4, -0.2) is 27.1 Å². The summed E-state index contributed by atoms with van der Waals surface area (Å²) < 4.78 is 7.44. The highest BCUT2D eigenvalue weighted by Gasteiger charge is 2.25. The van der Waals surface area contributed by atoms with E-state index in [1.807, 2.05) is 24.3 Å². The molecule has 8 nitrogen and oxygen atoms in total. The van der Waals surface area contributed by atoms with Gasteiger partial charge >= 0.3 is 17.2 Å². The Morgan fingerprint density at radius 3 is 2.81 bits per heavy atom. The molecule has 10 heteroatoms. The van der Waals surface area contributed by atoms with Crippen LogP contribution in [0.5, 0.6) is 0 Å². The summed E-state index contributed by atoms with van der Waals surface area (Å²) in [6.45, 7) is 3.06. The Hall–Kier alpha value is -2.72. The molecule has 0 aliphatic carbocycles. The van der Waals surface area contributed by atoms with Gasteiger partial charge in [0.25, 0.3) is 0 Å². The molecule has 0 bridgehead atoms. The zero-order chi connectivity index (χ0) is 19.6. The first-order valence-corrected chi connectivity index (χ1v) is 9.62. The number of rotatable bonds is 6. The number of fused-ring (bicyclic) bond motifs is 1. The number of aryl methyl sites for hydroxylation is 1. The maximum absolute atomic E-state index is 12.6. The normalized spacial score (nSPS) is 10.9. The minimum atomic E-state index is -0.836. The number of hydrogen-bond donors (Lipinski definition) is 0. The van der Waals surface area contributed by atoms with Crippen molar-refractivity contribution in [1.29, 1.82) is 0 Å². The van der Waals surface area contributed by atoms with E-state index < -0.39 is 22.1 Å². The molecule has 1 aromatic carbocycles. The van der Waals surface area contributed by atoms with Crippen molar-refractivity contribution in [1.82, 2.24) is 9.55 Å². The number of esters is 1. The van der Waals surface area contributed by atoms with Crippen LogP contribution in [0.3, 0.4) is 0 Å². The van der Waals surface area contributed by atoms with Crippen LogP contribution in [0.25, 0.3) is 10.2 Å². The molecule has 0 saturated heterocycles. The molecule has 0 aliphatic heterocycles. The minimum absolute atomic E-state index is 0.167. The number of hydrogen-bond acceptors (Lipinski definition) is 8.